The van der Waals surface area contributed by atoms with E-state index in [0.29, 0.717) is 24.1 Å². The third-order valence-electron chi connectivity index (χ3n) is 4.50. The Balaban J connectivity index is 1.98. The first-order valence-corrected chi connectivity index (χ1v) is 8.86. The Morgan fingerprint density at radius 2 is 2.00 bits per heavy atom. The van der Waals surface area contributed by atoms with E-state index in [9.17, 15) is 13.2 Å². The number of guanidine groups is 1. The van der Waals surface area contributed by atoms with Crippen molar-refractivity contribution in [3.05, 3.63) is 35.4 Å². The van der Waals surface area contributed by atoms with Gasteiger partial charge in [0.2, 0.25) is 0 Å². The number of nitrogens with zero attached hydrogens (tertiary/aromatic N) is 3. The number of benzene rings is 1. The molecule has 2 N–H and O–H groups in total. The lowest BCUT2D eigenvalue weighted by molar-refractivity contribution is -0.137. The first kappa shape index (κ1) is 20.5. The minimum Gasteiger partial charge on any atom is -0.357 e. The topological polar surface area (TPSA) is 42.9 Å². The third-order valence-corrected chi connectivity index (χ3v) is 4.50. The quantitative estimate of drug-likeness (QED) is 0.614. The molecule has 0 radical (unpaired) electrons. The lowest BCUT2D eigenvalue weighted by Crippen LogP contribution is -2.55. The van der Waals surface area contributed by atoms with E-state index in [2.05, 4.69) is 39.5 Å². The van der Waals surface area contributed by atoms with Gasteiger partial charge in [-0.3, -0.25) is 4.90 Å². The predicted molar refractivity (Wildman–Crippen MR) is 98.2 cm³/mol. The first-order valence-electron chi connectivity index (χ1n) is 8.86. The van der Waals surface area contributed by atoms with E-state index in [-0.39, 0.29) is 6.54 Å². The highest BCUT2D eigenvalue weighted by atomic mass is 19.4. The van der Waals surface area contributed by atoms with Gasteiger partial charge in [-0.15, -0.1) is 0 Å². The third kappa shape index (κ3) is 6.17. The fraction of sp³-hybridized carbons (Fsp3) is 0.611. The molecule has 0 spiro atoms. The summed E-state index contributed by atoms with van der Waals surface area (Å²) in [5.41, 5.74) is -0.110. The molecule has 146 valence electrons. The number of hydrogen-bond acceptors (Lipinski definition) is 3. The van der Waals surface area contributed by atoms with E-state index in [0.717, 1.165) is 38.3 Å². The summed E-state index contributed by atoms with van der Waals surface area (Å²) in [6.45, 7) is 6.61. The molecule has 8 heteroatoms. The summed E-state index contributed by atoms with van der Waals surface area (Å²) < 4.78 is 38.4. The van der Waals surface area contributed by atoms with Crippen LogP contribution in [-0.2, 0) is 12.7 Å². The molecule has 1 aliphatic rings. The van der Waals surface area contributed by atoms with Gasteiger partial charge >= 0.3 is 6.18 Å². The van der Waals surface area contributed by atoms with E-state index in [1.165, 1.54) is 6.07 Å². The highest BCUT2D eigenvalue weighted by Gasteiger charge is 2.30. The summed E-state index contributed by atoms with van der Waals surface area (Å²) in [4.78, 5) is 9.03. The second kappa shape index (κ2) is 9.23. The SMILES string of the molecule is CCNC(=NCc1cccc(C(F)(F)F)c1)NCC1CN(C)CCN1C. The van der Waals surface area contributed by atoms with Gasteiger partial charge in [-0.25, -0.2) is 4.99 Å². The van der Waals surface area contributed by atoms with Crippen LogP contribution in [-0.4, -0.2) is 68.6 Å². The molecule has 26 heavy (non-hydrogen) atoms. The van der Waals surface area contributed by atoms with Gasteiger partial charge in [0.15, 0.2) is 5.96 Å². The summed E-state index contributed by atoms with van der Waals surface area (Å²) in [5.74, 6) is 0.617. The van der Waals surface area contributed by atoms with Crippen LogP contribution >= 0.6 is 0 Å². The summed E-state index contributed by atoms with van der Waals surface area (Å²) in [6.07, 6.45) is -4.33. The maximum atomic E-state index is 12.8. The second-order valence-electron chi connectivity index (χ2n) is 6.67. The molecular formula is C18H28F3N5. The van der Waals surface area contributed by atoms with Crippen LogP contribution in [0.5, 0.6) is 0 Å². The Morgan fingerprint density at radius 1 is 1.23 bits per heavy atom. The monoisotopic (exact) mass is 371 g/mol. The van der Waals surface area contributed by atoms with Crippen molar-refractivity contribution in [2.24, 2.45) is 4.99 Å². The lowest BCUT2D eigenvalue weighted by Gasteiger charge is -2.37. The number of likely N-dealkylation sites (N-methyl/N-ethyl adjacent to an activating group) is 2. The molecule has 1 heterocycles. The number of alkyl halides is 3. The van der Waals surface area contributed by atoms with E-state index in [1.54, 1.807) is 6.07 Å². The van der Waals surface area contributed by atoms with Gasteiger partial charge < -0.3 is 15.5 Å². The molecule has 1 saturated heterocycles. The van der Waals surface area contributed by atoms with Gasteiger partial charge in [0.25, 0.3) is 0 Å². The summed E-state index contributed by atoms with van der Waals surface area (Å²) >= 11 is 0. The molecule has 0 saturated carbocycles. The van der Waals surface area contributed by atoms with E-state index >= 15 is 0 Å². The zero-order chi connectivity index (χ0) is 19.2. The molecule has 2 rings (SSSR count). The fourth-order valence-corrected chi connectivity index (χ4v) is 2.89. The molecule has 1 aromatic carbocycles. The van der Waals surface area contributed by atoms with Gasteiger partial charge in [0.05, 0.1) is 12.1 Å². The normalized spacial score (nSPS) is 20.2. The number of aliphatic imine (C=N–C) groups is 1. The zero-order valence-electron chi connectivity index (χ0n) is 15.6. The van der Waals surface area contributed by atoms with Crippen molar-refractivity contribution in [1.82, 2.24) is 20.4 Å². The molecule has 1 aliphatic heterocycles. The van der Waals surface area contributed by atoms with Gasteiger partial charge in [0, 0.05) is 38.8 Å². The predicted octanol–water partition coefficient (Wildman–Crippen LogP) is 2.01. The molecule has 5 nitrogen and oxygen atoms in total. The molecule has 0 bridgehead atoms. The first-order chi connectivity index (χ1) is 12.3. The average Bonchev–Trinajstić information content (AvgIpc) is 2.59. The van der Waals surface area contributed by atoms with Gasteiger partial charge in [-0.05, 0) is 38.7 Å². The van der Waals surface area contributed by atoms with Crippen molar-refractivity contribution in [2.45, 2.75) is 25.7 Å². The van der Waals surface area contributed by atoms with Gasteiger partial charge in [-0.2, -0.15) is 13.2 Å². The van der Waals surface area contributed by atoms with Crippen molar-refractivity contribution >= 4 is 5.96 Å². The standard InChI is InChI=1S/C18H28F3N5/c1-4-22-17(24-12-16-13-25(2)8-9-26(16)3)23-11-14-6-5-7-15(10-14)18(19,20)21/h5-7,10,16H,4,8-9,11-13H2,1-3H3,(H2,22,23,24). The molecule has 1 atom stereocenters. The van der Waals surface area contributed by atoms with Crippen LogP contribution in [0.15, 0.2) is 29.3 Å². The minimum absolute atomic E-state index is 0.194. The molecule has 1 unspecified atom stereocenters. The maximum Gasteiger partial charge on any atom is 0.416 e. The maximum absolute atomic E-state index is 12.8. The van der Waals surface area contributed by atoms with Crippen LogP contribution in [0.1, 0.15) is 18.1 Å². The lowest BCUT2D eigenvalue weighted by atomic mass is 10.1. The Morgan fingerprint density at radius 3 is 2.69 bits per heavy atom. The molecule has 0 aliphatic carbocycles. The molecule has 0 amide bonds. The van der Waals surface area contributed by atoms with E-state index < -0.39 is 11.7 Å². The van der Waals surface area contributed by atoms with Gasteiger partial charge in [0.1, 0.15) is 0 Å². The summed E-state index contributed by atoms with van der Waals surface area (Å²) in [7, 11) is 4.21. The number of piperazine rings is 1. The van der Waals surface area contributed by atoms with Crippen molar-refractivity contribution in [1.29, 1.82) is 0 Å². The van der Waals surface area contributed by atoms with Crippen LogP contribution in [0.2, 0.25) is 0 Å². The Kier molecular flexibility index (Phi) is 7.28. The molecular weight excluding hydrogens is 343 g/mol. The molecule has 0 aromatic heterocycles. The fourth-order valence-electron chi connectivity index (χ4n) is 2.89. The summed E-state index contributed by atoms with van der Waals surface area (Å²) in [5, 5.41) is 6.45. The molecule has 1 fully saturated rings. The minimum atomic E-state index is -4.33. The number of hydrogen-bond donors (Lipinski definition) is 2. The highest BCUT2D eigenvalue weighted by molar-refractivity contribution is 5.79. The largest absolute Gasteiger partial charge is 0.416 e. The summed E-state index contributed by atoms with van der Waals surface area (Å²) in [6, 6.07) is 5.67. The van der Waals surface area contributed by atoms with Crippen molar-refractivity contribution in [3.63, 3.8) is 0 Å². The van der Waals surface area contributed by atoms with Crippen molar-refractivity contribution in [3.8, 4) is 0 Å². The van der Waals surface area contributed by atoms with Crippen molar-refractivity contribution in [2.75, 3.05) is 46.8 Å². The Bertz CT molecular complexity index is 603. The Hall–Kier alpha value is -1.80. The van der Waals surface area contributed by atoms with Crippen LogP contribution in [0, 0.1) is 0 Å². The van der Waals surface area contributed by atoms with E-state index in [1.807, 2.05) is 6.92 Å². The van der Waals surface area contributed by atoms with Crippen LogP contribution in [0.4, 0.5) is 13.2 Å². The number of rotatable bonds is 5. The van der Waals surface area contributed by atoms with E-state index in [4.69, 9.17) is 0 Å². The average molecular weight is 371 g/mol. The number of nitrogens with one attached hydrogen (secondary N) is 2. The smallest absolute Gasteiger partial charge is 0.357 e. The molecule has 1 aromatic rings. The zero-order valence-corrected chi connectivity index (χ0v) is 15.6. The van der Waals surface area contributed by atoms with Crippen LogP contribution in [0.25, 0.3) is 0 Å². The number of halogens is 3. The van der Waals surface area contributed by atoms with Crippen LogP contribution < -0.4 is 10.6 Å². The highest BCUT2D eigenvalue weighted by Crippen LogP contribution is 2.29. The van der Waals surface area contributed by atoms with Gasteiger partial charge in [-0.1, -0.05) is 12.1 Å². The van der Waals surface area contributed by atoms with Crippen molar-refractivity contribution < 1.29 is 13.2 Å². The van der Waals surface area contributed by atoms with Crippen LogP contribution in [0.3, 0.4) is 0 Å². The second-order valence-corrected chi connectivity index (χ2v) is 6.67. The Labute approximate surface area is 153 Å².